The Morgan fingerprint density at radius 1 is 0.829 bits per heavy atom. The molecule has 7 rings (SSSR count). The zero-order valence-electron chi connectivity index (χ0n) is 22.7. The minimum Gasteiger partial charge on any atom is -0.382 e. The first kappa shape index (κ1) is 26.2. The molecule has 3 aromatic carbocycles. The summed E-state index contributed by atoms with van der Waals surface area (Å²) in [6.45, 7) is 4.08. The standard InChI is InChI=1S/C32H30N4O4S/c1-31(2)39-26-23(38-27(28(26)40-31)24-25-29(41-36-24)30(33)35-19-34-25)18-37-32(20-12-6-3-7-13-20,21-14-8-4-9-15-21)22-16-10-5-11-17-22/h3-17,19,23,26-28H,18H2,1-2H3,(H2,33,34,35)/t23-,26-,27+,28-/m1/s1. The van der Waals surface area contributed by atoms with Gasteiger partial charge in [0.25, 0.3) is 0 Å². The lowest BCUT2D eigenvalue weighted by Crippen LogP contribution is -2.39. The van der Waals surface area contributed by atoms with Gasteiger partial charge in [0.1, 0.15) is 58.1 Å². The molecule has 0 radical (unpaired) electrons. The largest absolute Gasteiger partial charge is 0.382 e. The highest BCUT2D eigenvalue weighted by Crippen LogP contribution is 2.48. The minimum atomic E-state index is -0.884. The fraction of sp³-hybridized carbons (Fsp3) is 0.281. The average molecular weight is 567 g/mol. The lowest BCUT2D eigenvalue weighted by Gasteiger charge is -2.37. The molecule has 0 spiro atoms. The van der Waals surface area contributed by atoms with Gasteiger partial charge >= 0.3 is 0 Å². The Hall–Kier alpha value is -3.73. The van der Waals surface area contributed by atoms with Crippen LogP contribution >= 0.6 is 11.5 Å². The topological polar surface area (TPSA) is 102 Å². The zero-order valence-corrected chi connectivity index (χ0v) is 23.5. The van der Waals surface area contributed by atoms with Crippen molar-refractivity contribution in [2.45, 2.75) is 49.7 Å². The molecule has 208 valence electrons. The second-order valence-electron chi connectivity index (χ2n) is 10.8. The summed E-state index contributed by atoms with van der Waals surface area (Å²) in [5, 5.41) is 0. The molecule has 2 aliphatic heterocycles. The van der Waals surface area contributed by atoms with Gasteiger partial charge in [-0.05, 0) is 42.1 Å². The number of nitrogen functional groups attached to an aromatic ring is 1. The molecule has 8 nitrogen and oxygen atoms in total. The first-order valence-electron chi connectivity index (χ1n) is 13.6. The number of ether oxygens (including phenoxy) is 4. The molecule has 2 N–H and O–H groups in total. The minimum absolute atomic E-state index is 0.245. The third kappa shape index (κ3) is 4.50. The fourth-order valence-corrected chi connectivity index (χ4v) is 6.77. The Labute approximate surface area is 242 Å². The smallest absolute Gasteiger partial charge is 0.164 e. The zero-order chi connectivity index (χ0) is 28.0. The van der Waals surface area contributed by atoms with Crippen LogP contribution in [-0.4, -0.2) is 45.0 Å². The van der Waals surface area contributed by atoms with Crippen LogP contribution in [0.3, 0.4) is 0 Å². The van der Waals surface area contributed by atoms with E-state index in [1.165, 1.54) is 17.9 Å². The van der Waals surface area contributed by atoms with Crippen molar-refractivity contribution in [3.05, 3.63) is 120 Å². The van der Waals surface area contributed by atoms with Crippen LogP contribution in [0, 0.1) is 0 Å². The summed E-state index contributed by atoms with van der Waals surface area (Å²) in [5.41, 5.74) is 9.63. The molecule has 2 aromatic heterocycles. The van der Waals surface area contributed by atoms with Crippen molar-refractivity contribution in [2.24, 2.45) is 0 Å². The maximum absolute atomic E-state index is 7.10. The van der Waals surface area contributed by atoms with Crippen LogP contribution < -0.4 is 5.73 Å². The number of benzene rings is 3. The normalized spacial score (nSPS) is 23.6. The van der Waals surface area contributed by atoms with Gasteiger partial charge in [0, 0.05) is 0 Å². The van der Waals surface area contributed by atoms with Crippen LogP contribution in [0.2, 0.25) is 0 Å². The maximum atomic E-state index is 7.10. The van der Waals surface area contributed by atoms with Crippen molar-refractivity contribution in [3.63, 3.8) is 0 Å². The van der Waals surface area contributed by atoms with Crippen molar-refractivity contribution >= 4 is 27.6 Å². The van der Waals surface area contributed by atoms with Crippen molar-refractivity contribution in [3.8, 4) is 0 Å². The number of fused-ring (bicyclic) bond motifs is 2. The molecule has 2 saturated heterocycles. The highest BCUT2D eigenvalue weighted by molar-refractivity contribution is 7.14. The fourth-order valence-electron chi connectivity index (χ4n) is 6.00. The van der Waals surface area contributed by atoms with Gasteiger partial charge in [0.05, 0.1) is 6.61 Å². The van der Waals surface area contributed by atoms with Gasteiger partial charge in [-0.2, -0.15) is 4.37 Å². The summed E-state index contributed by atoms with van der Waals surface area (Å²) in [5.74, 6) is -0.388. The Balaban J connectivity index is 1.28. The van der Waals surface area contributed by atoms with E-state index in [4.69, 9.17) is 29.1 Å². The van der Waals surface area contributed by atoms with E-state index in [1.54, 1.807) is 0 Å². The first-order chi connectivity index (χ1) is 20.0. The van der Waals surface area contributed by atoms with Gasteiger partial charge in [-0.25, -0.2) is 9.97 Å². The van der Waals surface area contributed by atoms with Crippen molar-refractivity contribution in [1.29, 1.82) is 0 Å². The summed E-state index contributed by atoms with van der Waals surface area (Å²) >= 11 is 1.26. The molecule has 4 heterocycles. The van der Waals surface area contributed by atoms with Crippen molar-refractivity contribution in [1.82, 2.24) is 14.3 Å². The van der Waals surface area contributed by atoms with E-state index in [9.17, 15) is 0 Å². The summed E-state index contributed by atoms with van der Waals surface area (Å²) < 4.78 is 32.0. The molecule has 0 bridgehead atoms. The van der Waals surface area contributed by atoms with E-state index in [0.29, 0.717) is 17.0 Å². The van der Waals surface area contributed by atoms with Crippen LogP contribution in [0.15, 0.2) is 97.3 Å². The first-order valence-corrected chi connectivity index (χ1v) is 14.4. The number of nitrogens with two attached hydrogens (primary N) is 1. The van der Waals surface area contributed by atoms with Gasteiger partial charge in [-0.3, -0.25) is 0 Å². The van der Waals surface area contributed by atoms with E-state index >= 15 is 0 Å². The van der Waals surface area contributed by atoms with E-state index in [-0.39, 0.29) is 18.8 Å². The Morgan fingerprint density at radius 3 is 1.98 bits per heavy atom. The number of hydrogen-bond donors (Lipinski definition) is 1. The molecule has 0 unspecified atom stereocenters. The second kappa shape index (κ2) is 10.3. The summed E-state index contributed by atoms with van der Waals surface area (Å²) in [6.07, 6.45) is -0.242. The maximum Gasteiger partial charge on any atom is 0.164 e. The lowest BCUT2D eigenvalue weighted by atomic mass is 9.80. The van der Waals surface area contributed by atoms with Crippen LogP contribution in [-0.2, 0) is 24.5 Å². The van der Waals surface area contributed by atoms with E-state index in [1.807, 2.05) is 68.4 Å². The monoisotopic (exact) mass is 566 g/mol. The van der Waals surface area contributed by atoms with Crippen molar-refractivity contribution in [2.75, 3.05) is 12.3 Å². The van der Waals surface area contributed by atoms with Gasteiger partial charge in [-0.1, -0.05) is 91.0 Å². The highest BCUT2D eigenvalue weighted by atomic mass is 32.1. The summed E-state index contributed by atoms with van der Waals surface area (Å²) in [4.78, 5) is 8.59. The lowest BCUT2D eigenvalue weighted by molar-refractivity contribution is -0.196. The molecule has 0 aliphatic carbocycles. The number of nitrogens with zero attached hydrogens (tertiary/aromatic N) is 3. The number of anilines is 1. The van der Waals surface area contributed by atoms with Crippen molar-refractivity contribution < 1.29 is 18.9 Å². The van der Waals surface area contributed by atoms with Crippen LogP contribution in [0.4, 0.5) is 5.82 Å². The van der Waals surface area contributed by atoms with Crippen LogP contribution in [0.5, 0.6) is 0 Å². The number of aromatic nitrogens is 3. The van der Waals surface area contributed by atoms with E-state index in [0.717, 1.165) is 21.4 Å². The Bertz CT molecular complexity index is 1550. The Morgan fingerprint density at radius 2 is 1.39 bits per heavy atom. The van der Waals surface area contributed by atoms with E-state index in [2.05, 4.69) is 46.4 Å². The van der Waals surface area contributed by atoms with Gasteiger partial charge < -0.3 is 24.7 Å². The third-order valence-corrected chi connectivity index (χ3v) is 8.61. The van der Waals surface area contributed by atoms with Gasteiger partial charge in [-0.15, -0.1) is 0 Å². The Kier molecular flexibility index (Phi) is 6.56. The molecule has 9 heteroatoms. The summed E-state index contributed by atoms with van der Waals surface area (Å²) in [7, 11) is 0. The molecule has 2 fully saturated rings. The molecule has 5 aromatic rings. The number of rotatable bonds is 7. The summed E-state index contributed by atoms with van der Waals surface area (Å²) in [6, 6.07) is 30.9. The SMILES string of the molecule is CC1(C)O[C@@H]2[C@H](O1)[C@@H](COC(c1ccccc1)(c1ccccc1)c1ccccc1)O[C@H]2c1nsc2c(N)ncnc12. The molecule has 0 saturated carbocycles. The molecule has 2 aliphatic rings. The second-order valence-corrected chi connectivity index (χ2v) is 11.5. The number of hydrogen-bond acceptors (Lipinski definition) is 9. The van der Waals surface area contributed by atoms with Gasteiger partial charge in [0.15, 0.2) is 5.79 Å². The molecular weight excluding hydrogens is 536 g/mol. The molecule has 41 heavy (non-hydrogen) atoms. The molecule has 0 amide bonds. The van der Waals surface area contributed by atoms with Gasteiger partial charge in [0.2, 0.25) is 0 Å². The predicted octanol–water partition coefficient (Wildman–Crippen LogP) is 5.64. The molecular formula is C32H30N4O4S. The average Bonchev–Trinajstić information content (AvgIpc) is 3.67. The quantitative estimate of drug-likeness (QED) is 0.253. The molecule has 4 atom stereocenters. The van der Waals surface area contributed by atoms with E-state index < -0.39 is 23.6 Å². The third-order valence-electron chi connectivity index (χ3n) is 7.73. The highest BCUT2D eigenvalue weighted by Gasteiger charge is 2.57. The van der Waals surface area contributed by atoms with Crippen LogP contribution in [0.25, 0.3) is 10.2 Å². The predicted molar refractivity (Wildman–Crippen MR) is 156 cm³/mol. The van der Waals surface area contributed by atoms with Crippen LogP contribution in [0.1, 0.15) is 42.3 Å².